The monoisotopic (exact) mass is 387 g/mol. The predicted molar refractivity (Wildman–Crippen MR) is 89.8 cm³/mol. The van der Waals surface area contributed by atoms with Crippen LogP contribution in [-0.4, -0.2) is 34.0 Å². The van der Waals surface area contributed by atoms with Crippen molar-refractivity contribution in [1.82, 2.24) is 10.1 Å². The Morgan fingerprint density at radius 2 is 2.16 bits per heavy atom. The lowest BCUT2D eigenvalue weighted by Crippen LogP contribution is -2.11. The number of nitrogens with zero attached hydrogens (tertiary/aromatic N) is 3. The summed E-state index contributed by atoms with van der Waals surface area (Å²) in [7, 11) is 0. The molecule has 2 aromatic rings. The number of aliphatic hydroxyl groups is 1. The van der Waals surface area contributed by atoms with E-state index in [0.717, 1.165) is 12.3 Å². The Labute approximate surface area is 151 Å². The van der Waals surface area contributed by atoms with Crippen LogP contribution < -0.4 is 0 Å². The second kappa shape index (κ2) is 8.09. The average molecular weight is 388 g/mol. The Balaban J connectivity index is 2.52. The standard InChI is InChI=1S/C15H12Cl2FN3O4/c1-3-24-15(23)9(6-19-11-4-7(2)21-25-11)12(22)8-5-10(18)14(17)20-13(8)16/h4-6,22H,3H2,1-2H3/b12-9+,19-6+. The Morgan fingerprint density at radius 1 is 1.44 bits per heavy atom. The van der Waals surface area contributed by atoms with Gasteiger partial charge in [0.2, 0.25) is 0 Å². The molecule has 0 saturated heterocycles. The highest BCUT2D eigenvalue weighted by Crippen LogP contribution is 2.27. The van der Waals surface area contributed by atoms with Crippen molar-refractivity contribution < 1.29 is 23.6 Å². The molecule has 1 N–H and O–H groups in total. The zero-order valence-corrected chi connectivity index (χ0v) is 14.6. The third kappa shape index (κ3) is 4.55. The van der Waals surface area contributed by atoms with Crippen LogP contribution in [0.5, 0.6) is 0 Å². The van der Waals surface area contributed by atoms with Crippen molar-refractivity contribution in [3.63, 3.8) is 0 Å². The van der Waals surface area contributed by atoms with Crippen molar-refractivity contribution in [3.8, 4) is 0 Å². The van der Waals surface area contributed by atoms with E-state index < -0.39 is 22.7 Å². The van der Waals surface area contributed by atoms with Crippen LogP contribution in [0.1, 0.15) is 18.2 Å². The molecule has 0 bridgehead atoms. The molecule has 0 aliphatic heterocycles. The molecule has 0 unspecified atom stereocenters. The maximum atomic E-state index is 13.6. The highest BCUT2D eigenvalue weighted by molar-refractivity contribution is 6.34. The maximum absolute atomic E-state index is 13.6. The van der Waals surface area contributed by atoms with Gasteiger partial charge in [-0.2, -0.15) is 0 Å². The number of hydrogen-bond acceptors (Lipinski definition) is 7. The van der Waals surface area contributed by atoms with Gasteiger partial charge < -0.3 is 14.4 Å². The lowest BCUT2D eigenvalue weighted by molar-refractivity contribution is -0.137. The zero-order valence-electron chi connectivity index (χ0n) is 13.1. The predicted octanol–water partition coefficient (Wildman–Crippen LogP) is 4.06. The molecule has 0 atom stereocenters. The van der Waals surface area contributed by atoms with Crippen LogP contribution in [-0.2, 0) is 9.53 Å². The first kappa shape index (κ1) is 18.9. The van der Waals surface area contributed by atoms with Crippen LogP contribution in [0, 0.1) is 12.7 Å². The van der Waals surface area contributed by atoms with E-state index in [1.165, 1.54) is 6.07 Å². The average Bonchev–Trinajstić information content (AvgIpc) is 2.96. The molecular weight excluding hydrogens is 376 g/mol. The summed E-state index contributed by atoms with van der Waals surface area (Å²) in [5.74, 6) is -2.39. The summed E-state index contributed by atoms with van der Waals surface area (Å²) >= 11 is 11.4. The van der Waals surface area contributed by atoms with Crippen LogP contribution in [0.3, 0.4) is 0 Å². The molecule has 0 aliphatic rings. The summed E-state index contributed by atoms with van der Waals surface area (Å²) in [6.07, 6.45) is 0.996. The first-order chi connectivity index (χ1) is 11.8. The minimum Gasteiger partial charge on any atom is -0.506 e. The summed E-state index contributed by atoms with van der Waals surface area (Å²) in [6, 6.07) is 2.35. The highest BCUT2D eigenvalue weighted by atomic mass is 35.5. The van der Waals surface area contributed by atoms with Crippen molar-refractivity contribution >= 4 is 47.0 Å². The van der Waals surface area contributed by atoms with Crippen LogP contribution in [0.15, 0.2) is 27.2 Å². The largest absolute Gasteiger partial charge is 0.506 e. The van der Waals surface area contributed by atoms with E-state index >= 15 is 0 Å². The van der Waals surface area contributed by atoms with Gasteiger partial charge in [-0.15, -0.1) is 0 Å². The number of rotatable bonds is 5. The Morgan fingerprint density at radius 3 is 2.76 bits per heavy atom. The molecule has 0 aliphatic carbocycles. The number of aliphatic imine (C=N–C) groups is 1. The SMILES string of the molecule is CCOC(=O)C(/C=N/c1cc(C)no1)=C(/O)c1cc(F)c(Cl)nc1Cl. The normalized spacial score (nSPS) is 12.4. The molecule has 10 heteroatoms. The molecule has 0 saturated carbocycles. The Bertz CT molecular complexity index is 864. The minimum absolute atomic E-state index is 0.0475. The number of hydrogen-bond donors (Lipinski definition) is 1. The summed E-state index contributed by atoms with van der Waals surface area (Å²) < 4.78 is 23.4. The number of carbonyl (C=O) groups excluding carboxylic acids is 1. The molecule has 132 valence electrons. The lowest BCUT2D eigenvalue weighted by atomic mass is 10.1. The van der Waals surface area contributed by atoms with Gasteiger partial charge in [0.1, 0.15) is 16.5 Å². The fourth-order valence-electron chi connectivity index (χ4n) is 1.72. The molecule has 0 fully saturated rings. The minimum atomic E-state index is -0.918. The van der Waals surface area contributed by atoms with E-state index in [4.69, 9.17) is 32.5 Å². The van der Waals surface area contributed by atoms with Gasteiger partial charge in [-0.1, -0.05) is 28.4 Å². The molecular formula is C15H12Cl2FN3O4. The van der Waals surface area contributed by atoms with Crippen molar-refractivity contribution in [2.45, 2.75) is 13.8 Å². The van der Waals surface area contributed by atoms with Gasteiger partial charge in [-0.05, 0) is 19.9 Å². The summed E-state index contributed by atoms with van der Waals surface area (Å²) in [4.78, 5) is 19.5. The zero-order chi connectivity index (χ0) is 18.6. The number of aromatic nitrogens is 2. The van der Waals surface area contributed by atoms with E-state index in [0.29, 0.717) is 5.69 Å². The summed E-state index contributed by atoms with van der Waals surface area (Å²) in [5, 5.41) is 13.2. The second-order valence-corrected chi connectivity index (χ2v) is 5.36. The van der Waals surface area contributed by atoms with Crippen LogP contribution >= 0.6 is 23.2 Å². The number of pyridine rings is 1. The number of aliphatic hydroxyl groups excluding tert-OH is 1. The Hall–Kier alpha value is -2.45. The molecule has 25 heavy (non-hydrogen) atoms. The van der Waals surface area contributed by atoms with E-state index in [9.17, 15) is 14.3 Å². The molecule has 2 heterocycles. The van der Waals surface area contributed by atoms with Gasteiger partial charge in [0.15, 0.2) is 11.0 Å². The number of ether oxygens (including phenoxy) is 1. The van der Waals surface area contributed by atoms with E-state index in [1.54, 1.807) is 13.8 Å². The quantitative estimate of drug-likeness (QED) is 0.273. The topological polar surface area (TPSA) is 97.8 Å². The molecule has 0 radical (unpaired) electrons. The first-order valence-electron chi connectivity index (χ1n) is 6.93. The number of halogens is 3. The maximum Gasteiger partial charge on any atom is 0.343 e. The second-order valence-electron chi connectivity index (χ2n) is 4.65. The van der Waals surface area contributed by atoms with Gasteiger partial charge in [0.25, 0.3) is 5.88 Å². The number of esters is 1. The molecule has 7 nitrogen and oxygen atoms in total. The number of aryl methyl sites for hydroxylation is 1. The van der Waals surface area contributed by atoms with Crippen molar-refractivity contribution in [2.24, 2.45) is 4.99 Å². The summed E-state index contributed by atoms with van der Waals surface area (Å²) in [5.41, 5.74) is -0.0433. The van der Waals surface area contributed by atoms with E-state index in [1.807, 2.05) is 0 Å². The molecule has 2 rings (SSSR count). The van der Waals surface area contributed by atoms with Crippen LogP contribution in [0.2, 0.25) is 10.3 Å². The van der Waals surface area contributed by atoms with Gasteiger partial charge in [0, 0.05) is 12.3 Å². The molecule has 2 aromatic heterocycles. The molecule has 0 spiro atoms. The van der Waals surface area contributed by atoms with Crippen LogP contribution in [0.25, 0.3) is 5.76 Å². The van der Waals surface area contributed by atoms with Crippen LogP contribution in [0.4, 0.5) is 10.3 Å². The molecule has 0 amide bonds. The van der Waals surface area contributed by atoms with Gasteiger partial charge in [-0.25, -0.2) is 19.2 Å². The first-order valence-corrected chi connectivity index (χ1v) is 7.68. The highest BCUT2D eigenvalue weighted by Gasteiger charge is 2.21. The van der Waals surface area contributed by atoms with Gasteiger partial charge in [-0.3, -0.25) is 0 Å². The third-order valence-electron chi connectivity index (χ3n) is 2.83. The fraction of sp³-hybridized carbons (Fsp3) is 0.200. The summed E-state index contributed by atoms with van der Waals surface area (Å²) in [6.45, 7) is 3.32. The van der Waals surface area contributed by atoms with Gasteiger partial charge >= 0.3 is 5.97 Å². The van der Waals surface area contributed by atoms with Gasteiger partial charge in [0.05, 0.1) is 17.9 Å². The van der Waals surface area contributed by atoms with Crippen molar-refractivity contribution in [3.05, 3.63) is 45.1 Å². The number of carbonyl (C=O) groups is 1. The lowest BCUT2D eigenvalue weighted by Gasteiger charge is -2.08. The van der Waals surface area contributed by atoms with E-state index in [2.05, 4.69) is 15.1 Å². The fourth-order valence-corrected chi connectivity index (χ4v) is 2.13. The third-order valence-corrected chi connectivity index (χ3v) is 3.38. The smallest absolute Gasteiger partial charge is 0.343 e. The van der Waals surface area contributed by atoms with Crippen molar-refractivity contribution in [2.75, 3.05) is 6.61 Å². The van der Waals surface area contributed by atoms with Crippen molar-refractivity contribution in [1.29, 1.82) is 0 Å². The molecule has 0 aromatic carbocycles. The Kier molecular flexibility index (Phi) is 6.11. The van der Waals surface area contributed by atoms with E-state index in [-0.39, 0.29) is 28.8 Å².